The number of aryl methyl sites for hydroxylation is 4. The largest absolute Gasteiger partial charge is 0.395 e. The Morgan fingerprint density at radius 2 is 0.806 bits per heavy atom. The van der Waals surface area contributed by atoms with E-state index in [2.05, 4.69) is 107 Å². The van der Waals surface area contributed by atoms with Crippen molar-refractivity contribution in [2.45, 2.75) is 130 Å². The van der Waals surface area contributed by atoms with E-state index in [0.717, 1.165) is 25.7 Å². The first-order valence-corrected chi connectivity index (χ1v) is 13.9. The average molecular weight is 495 g/mol. The van der Waals surface area contributed by atoms with E-state index in [4.69, 9.17) is 0 Å². The molecule has 2 rings (SSSR count). The second-order valence-electron chi connectivity index (χ2n) is 14.4. The number of aliphatic hydroxyl groups excluding tert-OH is 2. The zero-order valence-corrected chi connectivity index (χ0v) is 25.4. The highest BCUT2D eigenvalue weighted by molar-refractivity contribution is 5.50. The molecule has 0 aliphatic rings. The maximum Gasteiger partial charge on any atom is 0.0522 e. The zero-order chi connectivity index (χ0) is 27.7. The number of unbranched alkanes of at least 4 members (excludes halogenated alkanes) is 1. The van der Waals surface area contributed by atoms with Gasteiger partial charge in [0.05, 0.1) is 13.2 Å². The summed E-state index contributed by atoms with van der Waals surface area (Å²) < 4.78 is 0. The number of aliphatic hydroxyl groups is 2. The third-order valence-electron chi connectivity index (χ3n) is 7.79. The highest BCUT2D eigenvalue weighted by Gasteiger charge is 2.33. The van der Waals surface area contributed by atoms with Gasteiger partial charge >= 0.3 is 0 Å². The predicted molar refractivity (Wildman–Crippen MR) is 157 cm³/mol. The monoisotopic (exact) mass is 494 g/mol. The SMILES string of the molecule is Cc1ccc(CCCCc2ccc(C)c(C(C)(C)C)c2C(C)(C)CO)c(C(C)(C)CO)c1C(C)(C)C. The molecule has 0 aliphatic heterocycles. The number of hydrogen-bond acceptors (Lipinski definition) is 2. The lowest BCUT2D eigenvalue weighted by Gasteiger charge is -2.35. The van der Waals surface area contributed by atoms with Crippen molar-refractivity contribution in [1.82, 2.24) is 0 Å². The third kappa shape index (κ3) is 6.62. The number of benzene rings is 2. The van der Waals surface area contributed by atoms with Gasteiger partial charge in [-0.2, -0.15) is 0 Å². The van der Waals surface area contributed by atoms with Crippen molar-refractivity contribution in [2.75, 3.05) is 13.2 Å². The standard InChI is InChI=1S/C34H54O2/c1-23-17-19-25(29(33(9,10)21-35)27(23)31(3,4)5)15-13-14-16-26-20-18-24(2)28(32(6,7)8)30(26)34(11,12)22-36/h17-20,35-36H,13-16,21-22H2,1-12H3. The van der Waals surface area contributed by atoms with Gasteiger partial charge in [-0.05, 0) is 94.9 Å². The predicted octanol–water partition coefficient (Wildman–Crippen LogP) is 8.00. The molecule has 202 valence electrons. The van der Waals surface area contributed by atoms with Crippen LogP contribution in [0, 0.1) is 13.8 Å². The normalized spacial score (nSPS) is 13.4. The van der Waals surface area contributed by atoms with E-state index < -0.39 is 0 Å². The molecule has 2 nitrogen and oxygen atoms in total. The molecule has 0 aliphatic carbocycles. The van der Waals surface area contributed by atoms with E-state index in [1.54, 1.807) is 0 Å². The van der Waals surface area contributed by atoms with Crippen molar-refractivity contribution in [3.05, 3.63) is 68.8 Å². The number of hydrogen-bond donors (Lipinski definition) is 2. The van der Waals surface area contributed by atoms with Crippen molar-refractivity contribution >= 4 is 0 Å². The van der Waals surface area contributed by atoms with Crippen LogP contribution in [0.2, 0.25) is 0 Å². The second-order valence-corrected chi connectivity index (χ2v) is 14.4. The summed E-state index contributed by atoms with van der Waals surface area (Å²) in [6.07, 6.45) is 4.22. The van der Waals surface area contributed by atoms with Crippen LogP contribution in [0.5, 0.6) is 0 Å². The molecule has 2 aromatic carbocycles. The van der Waals surface area contributed by atoms with Gasteiger partial charge in [0.2, 0.25) is 0 Å². The minimum atomic E-state index is -0.277. The Labute approximate surface area is 222 Å². The van der Waals surface area contributed by atoms with Gasteiger partial charge in [0.1, 0.15) is 0 Å². The van der Waals surface area contributed by atoms with Crippen molar-refractivity contribution in [3.63, 3.8) is 0 Å². The molecule has 0 atom stereocenters. The average Bonchev–Trinajstić information content (AvgIpc) is 2.75. The molecule has 0 amide bonds. The van der Waals surface area contributed by atoms with Crippen LogP contribution in [-0.4, -0.2) is 23.4 Å². The Hall–Kier alpha value is -1.64. The van der Waals surface area contributed by atoms with Gasteiger partial charge in [-0.1, -0.05) is 93.5 Å². The molecule has 0 saturated carbocycles. The van der Waals surface area contributed by atoms with Gasteiger partial charge in [-0.15, -0.1) is 0 Å². The third-order valence-corrected chi connectivity index (χ3v) is 7.79. The molecule has 2 N–H and O–H groups in total. The minimum absolute atomic E-state index is 0.0257. The molecule has 2 heteroatoms. The highest BCUT2D eigenvalue weighted by Crippen LogP contribution is 2.40. The van der Waals surface area contributed by atoms with Crippen molar-refractivity contribution in [2.24, 2.45) is 0 Å². The summed E-state index contributed by atoms with van der Waals surface area (Å²) >= 11 is 0. The molecule has 0 heterocycles. The van der Waals surface area contributed by atoms with Crippen LogP contribution in [0.15, 0.2) is 24.3 Å². The fourth-order valence-electron chi connectivity index (χ4n) is 6.18. The molecule has 0 spiro atoms. The van der Waals surface area contributed by atoms with Gasteiger partial charge in [0.15, 0.2) is 0 Å². The summed E-state index contributed by atoms with van der Waals surface area (Å²) in [5.74, 6) is 0. The molecule has 0 bridgehead atoms. The van der Waals surface area contributed by atoms with Crippen LogP contribution >= 0.6 is 0 Å². The van der Waals surface area contributed by atoms with E-state index in [9.17, 15) is 10.2 Å². The van der Waals surface area contributed by atoms with Crippen LogP contribution in [0.4, 0.5) is 0 Å². The molecule has 36 heavy (non-hydrogen) atoms. The molecule has 0 saturated heterocycles. The Bertz CT molecular complexity index is 957. The van der Waals surface area contributed by atoms with Gasteiger partial charge in [-0.25, -0.2) is 0 Å². The lowest BCUT2D eigenvalue weighted by molar-refractivity contribution is 0.215. The smallest absolute Gasteiger partial charge is 0.0522 e. The molecule has 0 unspecified atom stereocenters. The van der Waals surface area contributed by atoms with Crippen molar-refractivity contribution in [1.29, 1.82) is 0 Å². The Morgan fingerprint density at radius 3 is 1.06 bits per heavy atom. The summed E-state index contributed by atoms with van der Waals surface area (Å²) in [4.78, 5) is 0. The first kappa shape index (κ1) is 30.6. The van der Waals surface area contributed by atoms with Crippen LogP contribution in [0.1, 0.15) is 127 Å². The fourth-order valence-corrected chi connectivity index (χ4v) is 6.18. The first-order valence-electron chi connectivity index (χ1n) is 13.9. The summed E-state index contributed by atoms with van der Waals surface area (Å²) in [6.45, 7) is 27.1. The highest BCUT2D eigenvalue weighted by atomic mass is 16.3. The van der Waals surface area contributed by atoms with Crippen molar-refractivity contribution < 1.29 is 10.2 Å². The summed E-state index contributed by atoms with van der Waals surface area (Å²) in [5, 5.41) is 20.6. The van der Waals surface area contributed by atoms with Crippen molar-refractivity contribution in [3.8, 4) is 0 Å². The van der Waals surface area contributed by atoms with E-state index in [0.29, 0.717) is 0 Å². The van der Waals surface area contributed by atoms with Crippen LogP contribution in [0.25, 0.3) is 0 Å². The van der Waals surface area contributed by atoms with Crippen LogP contribution in [-0.2, 0) is 34.5 Å². The first-order chi connectivity index (χ1) is 16.4. The lowest BCUT2D eigenvalue weighted by atomic mass is 9.70. The molecule has 0 radical (unpaired) electrons. The van der Waals surface area contributed by atoms with Gasteiger partial charge in [-0.3, -0.25) is 0 Å². The second kappa shape index (κ2) is 11.0. The summed E-state index contributed by atoms with van der Waals surface area (Å²) in [6, 6.07) is 9.12. The van der Waals surface area contributed by atoms with Gasteiger partial charge < -0.3 is 10.2 Å². The van der Waals surface area contributed by atoms with E-state index >= 15 is 0 Å². The molecular formula is C34H54O2. The maximum atomic E-state index is 10.3. The summed E-state index contributed by atoms with van der Waals surface area (Å²) in [5.41, 5.74) is 10.3. The van der Waals surface area contributed by atoms with E-state index in [1.165, 1.54) is 44.5 Å². The summed E-state index contributed by atoms with van der Waals surface area (Å²) in [7, 11) is 0. The lowest BCUT2D eigenvalue weighted by Crippen LogP contribution is -2.30. The van der Waals surface area contributed by atoms with Gasteiger partial charge in [0.25, 0.3) is 0 Å². The maximum absolute atomic E-state index is 10.3. The topological polar surface area (TPSA) is 40.5 Å². The van der Waals surface area contributed by atoms with Gasteiger partial charge in [0, 0.05) is 10.8 Å². The van der Waals surface area contributed by atoms with Crippen LogP contribution < -0.4 is 0 Å². The minimum Gasteiger partial charge on any atom is -0.395 e. The molecule has 0 fully saturated rings. The van der Waals surface area contributed by atoms with Crippen LogP contribution in [0.3, 0.4) is 0 Å². The Morgan fingerprint density at radius 1 is 0.500 bits per heavy atom. The Kier molecular flexibility index (Phi) is 9.34. The quantitative estimate of drug-likeness (QED) is 0.347. The molecule has 2 aromatic rings. The van der Waals surface area contributed by atoms with E-state index in [1.807, 2.05) is 0 Å². The fraction of sp³-hybridized carbons (Fsp3) is 0.647. The molecular weight excluding hydrogens is 440 g/mol. The number of rotatable bonds is 9. The molecule has 0 aromatic heterocycles. The zero-order valence-electron chi connectivity index (χ0n) is 25.4. The Balaban J connectivity index is 2.40. The van der Waals surface area contributed by atoms with E-state index in [-0.39, 0.29) is 34.9 Å².